The van der Waals surface area contributed by atoms with E-state index in [1.165, 1.54) is 12.1 Å². The molecular formula is C21H20N2O4. The quantitative estimate of drug-likeness (QED) is 0.773. The van der Waals surface area contributed by atoms with E-state index in [-0.39, 0.29) is 11.7 Å². The number of carboxylic acid groups (broad SMARTS) is 1. The number of rotatable bonds is 6. The van der Waals surface area contributed by atoms with Crippen molar-refractivity contribution in [2.75, 3.05) is 7.11 Å². The molecule has 27 heavy (non-hydrogen) atoms. The first-order valence-electron chi connectivity index (χ1n) is 8.78. The van der Waals surface area contributed by atoms with Crippen LogP contribution >= 0.6 is 0 Å². The summed E-state index contributed by atoms with van der Waals surface area (Å²) >= 11 is 0. The van der Waals surface area contributed by atoms with Gasteiger partial charge >= 0.3 is 5.97 Å². The van der Waals surface area contributed by atoms with E-state index in [0.29, 0.717) is 28.5 Å². The molecule has 0 radical (unpaired) electrons. The van der Waals surface area contributed by atoms with Gasteiger partial charge in [-0.1, -0.05) is 12.1 Å². The van der Waals surface area contributed by atoms with E-state index in [9.17, 15) is 10.1 Å². The number of methoxy groups -OCH3 is 1. The number of allylic oxidation sites excluding steroid dienone is 1. The lowest BCUT2D eigenvalue weighted by Crippen LogP contribution is -2.13. The molecule has 1 aromatic heterocycles. The van der Waals surface area contributed by atoms with Crippen LogP contribution in [0.1, 0.15) is 47.3 Å². The second kappa shape index (κ2) is 8.37. The minimum Gasteiger partial charge on any atom is -0.491 e. The van der Waals surface area contributed by atoms with E-state index < -0.39 is 5.97 Å². The molecule has 0 atom stereocenters. The van der Waals surface area contributed by atoms with Gasteiger partial charge in [-0.05, 0) is 61.6 Å². The highest BCUT2D eigenvalue weighted by Gasteiger charge is 2.20. The van der Waals surface area contributed by atoms with Gasteiger partial charge in [-0.3, -0.25) is 0 Å². The fraction of sp³-hybridized carbons (Fsp3) is 0.286. The maximum absolute atomic E-state index is 11.1. The number of pyridine rings is 1. The van der Waals surface area contributed by atoms with Gasteiger partial charge in [0.2, 0.25) is 0 Å². The van der Waals surface area contributed by atoms with Crippen LogP contribution in [-0.2, 0) is 0 Å². The van der Waals surface area contributed by atoms with Crippen molar-refractivity contribution >= 4 is 17.6 Å². The zero-order valence-electron chi connectivity index (χ0n) is 15.0. The number of nitriles is 1. The lowest BCUT2D eigenvalue weighted by Gasteiger charge is -2.15. The molecule has 0 amide bonds. The summed E-state index contributed by atoms with van der Waals surface area (Å²) in [4.78, 5) is 15.6. The van der Waals surface area contributed by atoms with E-state index in [4.69, 9.17) is 14.6 Å². The molecule has 6 heteroatoms. The molecule has 1 aliphatic rings. The van der Waals surface area contributed by atoms with Crippen LogP contribution in [0.5, 0.6) is 11.6 Å². The summed E-state index contributed by atoms with van der Waals surface area (Å²) in [5.41, 5.74) is 1.54. The Hall–Kier alpha value is -3.33. The fourth-order valence-electron chi connectivity index (χ4n) is 3.07. The molecule has 0 bridgehead atoms. The predicted molar refractivity (Wildman–Crippen MR) is 101 cm³/mol. The highest BCUT2D eigenvalue weighted by atomic mass is 16.5. The second-order valence-corrected chi connectivity index (χ2v) is 6.33. The lowest BCUT2D eigenvalue weighted by atomic mass is 10.1. The first-order chi connectivity index (χ1) is 13.1. The maximum Gasteiger partial charge on any atom is 0.335 e. The number of hydrogen-bond acceptors (Lipinski definition) is 5. The van der Waals surface area contributed by atoms with Gasteiger partial charge in [0.25, 0.3) is 5.88 Å². The zero-order valence-corrected chi connectivity index (χ0v) is 15.0. The summed E-state index contributed by atoms with van der Waals surface area (Å²) in [6.45, 7) is 0. The molecule has 0 aliphatic heterocycles. The highest BCUT2D eigenvalue weighted by Crippen LogP contribution is 2.31. The fourth-order valence-corrected chi connectivity index (χ4v) is 3.07. The molecule has 1 fully saturated rings. The minimum absolute atomic E-state index is 0.114. The smallest absolute Gasteiger partial charge is 0.335 e. The molecule has 3 rings (SSSR count). The van der Waals surface area contributed by atoms with Gasteiger partial charge in [-0.2, -0.15) is 5.26 Å². The van der Waals surface area contributed by atoms with Crippen molar-refractivity contribution in [2.45, 2.75) is 31.8 Å². The average molecular weight is 364 g/mol. The third kappa shape index (κ3) is 4.45. The zero-order chi connectivity index (χ0) is 19.2. The number of nitrogens with zero attached hydrogens (tertiary/aromatic N) is 2. The number of hydrogen-bond donors (Lipinski definition) is 1. The van der Waals surface area contributed by atoms with Gasteiger partial charge < -0.3 is 14.6 Å². The third-order valence-corrected chi connectivity index (χ3v) is 4.47. The van der Waals surface area contributed by atoms with Gasteiger partial charge in [-0.25, -0.2) is 9.78 Å². The highest BCUT2D eigenvalue weighted by molar-refractivity contribution is 5.91. The Kier molecular flexibility index (Phi) is 5.72. The van der Waals surface area contributed by atoms with E-state index in [0.717, 1.165) is 25.7 Å². The molecule has 1 heterocycles. The van der Waals surface area contributed by atoms with Crippen molar-refractivity contribution in [3.05, 3.63) is 53.2 Å². The van der Waals surface area contributed by atoms with Crippen LogP contribution in [0, 0.1) is 11.3 Å². The number of carbonyl (C=O) groups is 1. The Morgan fingerprint density at radius 2 is 2.07 bits per heavy atom. The molecule has 1 saturated carbocycles. The number of ether oxygens (including phenoxy) is 2. The monoisotopic (exact) mass is 364 g/mol. The predicted octanol–water partition coefficient (Wildman–Crippen LogP) is 4.17. The number of aromatic nitrogens is 1. The lowest BCUT2D eigenvalue weighted by molar-refractivity contribution is 0.0697. The molecular weight excluding hydrogens is 344 g/mol. The molecule has 1 aliphatic carbocycles. The summed E-state index contributed by atoms with van der Waals surface area (Å²) in [5, 5.41) is 18.7. The van der Waals surface area contributed by atoms with Crippen LogP contribution < -0.4 is 9.47 Å². The number of aromatic carboxylic acids is 1. The molecule has 0 unspecified atom stereocenters. The summed E-state index contributed by atoms with van der Waals surface area (Å²) in [6.07, 6.45) is 5.96. The van der Waals surface area contributed by atoms with Crippen molar-refractivity contribution in [1.82, 2.24) is 4.98 Å². The number of benzene rings is 1. The summed E-state index contributed by atoms with van der Waals surface area (Å²) in [6, 6.07) is 11.9. The van der Waals surface area contributed by atoms with Crippen molar-refractivity contribution in [3.63, 3.8) is 0 Å². The van der Waals surface area contributed by atoms with Crippen LogP contribution in [-0.4, -0.2) is 29.3 Å². The van der Waals surface area contributed by atoms with Crippen LogP contribution in [0.25, 0.3) is 11.6 Å². The standard InChI is InChI=1S/C21H20N2O4/c1-26-19-10-9-18(23-20(19)27-17-7-2-3-8-17)16(13-22)12-14-5-4-6-15(11-14)21(24)25/h4-6,9-12,17H,2-3,7-8H2,1H3,(H,24,25)/b16-12+. The maximum atomic E-state index is 11.1. The summed E-state index contributed by atoms with van der Waals surface area (Å²) in [5.74, 6) is -0.114. The number of carboxylic acids is 1. The molecule has 0 saturated heterocycles. The van der Waals surface area contributed by atoms with Crippen LogP contribution in [0.15, 0.2) is 36.4 Å². The third-order valence-electron chi connectivity index (χ3n) is 4.47. The summed E-state index contributed by atoms with van der Waals surface area (Å²) < 4.78 is 11.3. The van der Waals surface area contributed by atoms with Gasteiger partial charge in [0.1, 0.15) is 12.2 Å². The van der Waals surface area contributed by atoms with Gasteiger partial charge in [0, 0.05) is 0 Å². The SMILES string of the molecule is COc1ccc(/C(C#N)=C/c2cccc(C(=O)O)c2)nc1OC1CCCC1. The average Bonchev–Trinajstić information content (AvgIpc) is 3.19. The Balaban J connectivity index is 1.94. The van der Waals surface area contributed by atoms with Gasteiger partial charge in [0.05, 0.1) is 23.9 Å². The van der Waals surface area contributed by atoms with Crippen molar-refractivity contribution in [3.8, 4) is 17.7 Å². The van der Waals surface area contributed by atoms with Crippen LogP contribution in [0.4, 0.5) is 0 Å². The minimum atomic E-state index is -1.02. The topological polar surface area (TPSA) is 92.4 Å². The largest absolute Gasteiger partial charge is 0.491 e. The van der Waals surface area contributed by atoms with Crippen molar-refractivity contribution in [1.29, 1.82) is 5.26 Å². The Morgan fingerprint density at radius 3 is 2.74 bits per heavy atom. The van der Waals surface area contributed by atoms with E-state index in [1.807, 2.05) is 0 Å². The summed E-state index contributed by atoms with van der Waals surface area (Å²) in [7, 11) is 1.55. The normalized spacial score (nSPS) is 14.6. The first kappa shape index (κ1) is 18.5. The Labute approximate surface area is 157 Å². The van der Waals surface area contributed by atoms with E-state index in [1.54, 1.807) is 37.5 Å². The van der Waals surface area contributed by atoms with Crippen molar-refractivity contribution < 1.29 is 19.4 Å². The molecule has 1 aromatic carbocycles. The molecule has 0 spiro atoms. The molecule has 1 N–H and O–H groups in total. The molecule has 138 valence electrons. The van der Waals surface area contributed by atoms with Gasteiger partial charge in [0.15, 0.2) is 5.75 Å². The Bertz CT molecular complexity index is 909. The first-order valence-corrected chi connectivity index (χ1v) is 8.78. The Morgan fingerprint density at radius 1 is 1.30 bits per heavy atom. The van der Waals surface area contributed by atoms with E-state index in [2.05, 4.69) is 11.1 Å². The van der Waals surface area contributed by atoms with Crippen LogP contribution in [0.3, 0.4) is 0 Å². The van der Waals surface area contributed by atoms with E-state index >= 15 is 0 Å². The second-order valence-electron chi connectivity index (χ2n) is 6.33. The van der Waals surface area contributed by atoms with Crippen molar-refractivity contribution in [2.24, 2.45) is 0 Å². The molecule has 2 aromatic rings. The molecule has 6 nitrogen and oxygen atoms in total. The van der Waals surface area contributed by atoms with Crippen LogP contribution in [0.2, 0.25) is 0 Å². The van der Waals surface area contributed by atoms with Gasteiger partial charge in [-0.15, -0.1) is 0 Å².